The van der Waals surface area contributed by atoms with Crippen molar-refractivity contribution >= 4 is 20.9 Å². The SMILES string of the molecule is CCc1ccc2[nH]c(=O)c(CN(Cc3ccc4c(c3)OCO4)S(=O)(=O)c3ccc(C)cc3)cc2c1. The van der Waals surface area contributed by atoms with Gasteiger partial charge in [0.05, 0.1) is 4.90 Å². The van der Waals surface area contributed by atoms with Gasteiger partial charge in [0.2, 0.25) is 16.8 Å². The Morgan fingerprint density at radius 1 is 0.886 bits per heavy atom. The van der Waals surface area contributed by atoms with Crippen LogP contribution in [-0.4, -0.2) is 24.5 Å². The van der Waals surface area contributed by atoms with Crippen LogP contribution < -0.4 is 15.0 Å². The number of nitrogens with zero attached hydrogens (tertiary/aromatic N) is 1. The highest BCUT2D eigenvalue weighted by Crippen LogP contribution is 2.33. The Morgan fingerprint density at radius 2 is 1.63 bits per heavy atom. The molecule has 2 heterocycles. The molecule has 35 heavy (non-hydrogen) atoms. The summed E-state index contributed by atoms with van der Waals surface area (Å²) in [5, 5.41) is 0.870. The third-order valence-electron chi connectivity index (χ3n) is 6.20. The molecule has 0 bridgehead atoms. The van der Waals surface area contributed by atoms with Gasteiger partial charge in [-0.05, 0) is 72.3 Å². The first-order chi connectivity index (χ1) is 16.8. The molecule has 1 aliphatic heterocycles. The summed E-state index contributed by atoms with van der Waals surface area (Å²) >= 11 is 0. The number of nitrogens with one attached hydrogen (secondary N) is 1. The molecule has 0 spiro atoms. The smallest absolute Gasteiger partial charge is 0.252 e. The number of aromatic nitrogens is 1. The normalized spacial score (nSPS) is 13.0. The second-order valence-corrected chi connectivity index (χ2v) is 10.6. The number of pyridine rings is 1. The zero-order valence-corrected chi connectivity index (χ0v) is 20.4. The molecule has 0 aliphatic carbocycles. The Balaban J connectivity index is 1.56. The van der Waals surface area contributed by atoms with Gasteiger partial charge in [-0.15, -0.1) is 0 Å². The highest BCUT2D eigenvalue weighted by atomic mass is 32.2. The minimum atomic E-state index is -3.90. The van der Waals surface area contributed by atoms with E-state index in [1.54, 1.807) is 42.5 Å². The van der Waals surface area contributed by atoms with Crippen molar-refractivity contribution in [3.05, 3.63) is 99.3 Å². The molecule has 0 amide bonds. The van der Waals surface area contributed by atoms with E-state index in [2.05, 4.69) is 11.9 Å². The molecule has 0 saturated heterocycles. The number of hydrogen-bond donors (Lipinski definition) is 1. The maximum absolute atomic E-state index is 13.7. The summed E-state index contributed by atoms with van der Waals surface area (Å²) in [6.07, 6.45) is 0.864. The molecular weight excluding hydrogens is 464 g/mol. The maximum Gasteiger partial charge on any atom is 0.252 e. The van der Waals surface area contributed by atoms with Crippen LogP contribution in [0, 0.1) is 6.92 Å². The molecule has 0 radical (unpaired) electrons. The summed E-state index contributed by atoms with van der Waals surface area (Å²) in [4.78, 5) is 16.0. The van der Waals surface area contributed by atoms with Gasteiger partial charge in [0.25, 0.3) is 5.56 Å². The summed E-state index contributed by atoms with van der Waals surface area (Å²) in [5.41, 5.74) is 3.62. The molecule has 1 aliphatic rings. The van der Waals surface area contributed by atoms with E-state index in [4.69, 9.17) is 9.47 Å². The first-order valence-electron chi connectivity index (χ1n) is 11.4. The number of ether oxygens (including phenoxy) is 2. The van der Waals surface area contributed by atoms with Crippen LogP contribution in [0.3, 0.4) is 0 Å². The first-order valence-corrected chi connectivity index (χ1v) is 12.9. The topological polar surface area (TPSA) is 88.7 Å². The van der Waals surface area contributed by atoms with Gasteiger partial charge in [-0.25, -0.2) is 8.42 Å². The van der Waals surface area contributed by atoms with E-state index in [1.165, 1.54) is 4.31 Å². The fourth-order valence-corrected chi connectivity index (χ4v) is 5.56. The van der Waals surface area contributed by atoms with E-state index in [-0.39, 0.29) is 30.3 Å². The van der Waals surface area contributed by atoms with Crippen molar-refractivity contribution in [1.82, 2.24) is 9.29 Å². The van der Waals surface area contributed by atoms with Gasteiger partial charge in [0.15, 0.2) is 11.5 Å². The third kappa shape index (κ3) is 4.67. The molecule has 0 unspecified atom stereocenters. The quantitative estimate of drug-likeness (QED) is 0.412. The average molecular weight is 491 g/mol. The molecular formula is C27H26N2O5S. The summed E-state index contributed by atoms with van der Waals surface area (Å²) in [5.74, 6) is 1.20. The number of hydrogen-bond acceptors (Lipinski definition) is 5. The van der Waals surface area contributed by atoms with E-state index in [0.717, 1.165) is 34.0 Å². The van der Waals surface area contributed by atoms with Crippen molar-refractivity contribution in [2.24, 2.45) is 0 Å². The Labute approximate surface area is 204 Å². The second-order valence-electron chi connectivity index (χ2n) is 8.67. The van der Waals surface area contributed by atoms with Crippen LogP contribution in [0.25, 0.3) is 10.9 Å². The summed E-state index contributed by atoms with van der Waals surface area (Å²) in [6, 6.07) is 19.7. The molecule has 7 nitrogen and oxygen atoms in total. The van der Waals surface area contributed by atoms with Crippen molar-refractivity contribution in [2.45, 2.75) is 38.3 Å². The van der Waals surface area contributed by atoms with Crippen LogP contribution in [-0.2, 0) is 29.5 Å². The van der Waals surface area contributed by atoms with Crippen LogP contribution in [0.1, 0.15) is 29.2 Å². The number of H-pyrrole nitrogens is 1. The van der Waals surface area contributed by atoms with Gasteiger partial charge in [-0.3, -0.25) is 4.79 Å². The van der Waals surface area contributed by atoms with Gasteiger partial charge >= 0.3 is 0 Å². The number of aryl methyl sites for hydroxylation is 2. The second kappa shape index (κ2) is 9.20. The first kappa shape index (κ1) is 23.1. The van der Waals surface area contributed by atoms with Crippen LogP contribution in [0.15, 0.2) is 76.4 Å². The zero-order valence-electron chi connectivity index (χ0n) is 19.6. The predicted molar refractivity (Wildman–Crippen MR) is 134 cm³/mol. The molecule has 0 atom stereocenters. The zero-order chi connectivity index (χ0) is 24.6. The van der Waals surface area contributed by atoms with E-state index in [9.17, 15) is 13.2 Å². The Kier molecular flexibility index (Phi) is 6.08. The summed E-state index contributed by atoms with van der Waals surface area (Å²) in [7, 11) is -3.90. The van der Waals surface area contributed by atoms with Gasteiger partial charge in [0, 0.05) is 24.2 Å². The van der Waals surface area contributed by atoms with E-state index in [0.29, 0.717) is 17.1 Å². The largest absolute Gasteiger partial charge is 0.454 e. The Morgan fingerprint density at radius 3 is 2.40 bits per heavy atom. The maximum atomic E-state index is 13.7. The minimum Gasteiger partial charge on any atom is -0.454 e. The summed E-state index contributed by atoms with van der Waals surface area (Å²) in [6.45, 7) is 4.09. The fourth-order valence-electron chi connectivity index (χ4n) is 4.16. The van der Waals surface area contributed by atoms with Crippen molar-refractivity contribution in [1.29, 1.82) is 0 Å². The van der Waals surface area contributed by atoms with Crippen LogP contribution in [0.5, 0.6) is 11.5 Å². The highest BCUT2D eigenvalue weighted by Gasteiger charge is 2.27. The van der Waals surface area contributed by atoms with Crippen molar-refractivity contribution in [2.75, 3.05) is 6.79 Å². The van der Waals surface area contributed by atoms with Gasteiger partial charge < -0.3 is 14.5 Å². The molecule has 1 aromatic heterocycles. The lowest BCUT2D eigenvalue weighted by atomic mass is 10.1. The lowest BCUT2D eigenvalue weighted by Crippen LogP contribution is -2.32. The molecule has 1 N–H and O–H groups in total. The third-order valence-corrected chi connectivity index (χ3v) is 8.00. The fraction of sp³-hybridized carbons (Fsp3) is 0.222. The molecule has 8 heteroatoms. The van der Waals surface area contributed by atoms with E-state index >= 15 is 0 Å². The monoisotopic (exact) mass is 490 g/mol. The van der Waals surface area contributed by atoms with E-state index in [1.807, 2.05) is 31.2 Å². The van der Waals surface area contributed by atoms with Crippen LogP contribution >= 0.6 is 0 Å². The average Bonchev–Trinajstić information content (AvgIpc) is 3.32. The van der Waals surface area contributed by atoms with Crippen molar-refractivity contribution < 1.29 is 17.9 Å². The number of sulfonamides is 1. The molecule has 3 aromatic carbocycles. The molecule has 4 aromatic rings. The van der Waals surface area contributed by atoms with Crippen molar-refractivity contribution in [3.8, 4) is 11.5 Å². The highest BCUT2D eigenvalue weighted by molar-refractivity contribution is 7.89. The summed E-state index contributed by atoms with van der Waals surface area (Å²) < 4.78 is 39.6. The number of fused-ring (bicyclic) bond motifs is 2. The van der Waals surface area contributed by atoms with Crippen LogP contribution in [0.4, 0.5) is 0 Å². The van der Waals surface area contributed by atoms with Gasteiger partial charge in [-0.2, -0.15) is 4.31 Å². The number of benzene rings is 3. The van der Waals surface area contributed by atoms with E-state index < -0.39 is 10.0 Å². The minimum absolute atomic E-state index is 0.0688. The predicted octanol–water partition coefficient (Wildman–Crippen LogP) is 4.52. The Bertz CT molecular complexity index is 1560. The molecule has 5 rings (SSSR count). The molecule has 180 valence electrons. The number of aromatic amines is 1. The van der Waals surface area contributed by atoms with Crippen molar-refractivity contribution in [3.63, 3.8) is 0 Å². The number of rotatable bonds is 7. The molecule has 0 fully saturated rings. The van der Waals surface area contributed by atoms with Crippen LogP contribution in [0.2, 0.25) is 0 Å². The lowest BCUT2D eigenvalue weighted by Gasteiger charge is -2.23. The Hall–Kier alpha value is -3.62. The standard InChI is InChI=1S/C27H26N2O5S/c1-3-19-6-10-24-21(12-19)14-22(27(30)28-24)16-29(35(31,32)23-8-4-18(2)5-9-23)15-20-7-11-25-26(13-20)34-17-33-25/h4-14H,3,15-17H2,1-2H3,(H,28,30). The lowest BCUT2D eigenvalue weighted by molar-refractivity contribution is 0.174. The molecule has 0 saturated carbocycles. The van der Waals surface area contributed by atoms with Gasteiger partial charge in [0.1, 0.15) is 0 Å². The van der Waals surface area contributed by atoms with Gasteiger partial charge in [-0.1, -0.05) is 36.8 Å².